The molecule has 0 aromatic heterocycles. The summed E-state index contributed by atoms with van der Waals surface area (Å²) in [5, 5.41) is 24.5. The van der Waals surface area contributed by atoms with Crippen molar-refractivity contribution in [3.05, 3.63) is 62.2 Å². The Morgan fingerprint density at radius 3 is 2.25 bits per heavy atom. The van der Waals surface area contributed by atoms with Gasteiger partial charge in [0.2, 0.25) is 11.7 Å². The molecule has 28 heavy (non-hydrogen) atoms. The van der Waals surface area contributed by atoms with Crippen molar-refractivity contribution < 1.29 is 32.5 Å². The fourth-order valence-electron chi connectivity index (χ4n) is 2.11. The fraction of sp³-hybridized carbons (Fsp3) is 0.133. The van der Waals surface area contributed by atoms with E-state index in [1.165, 1.54) is 0 Å². The second-order valence-corrected chi connectivity index (χ2v) is 5.30. The quantitative estimate of drug-likeness (QED) is 0.535. The van der Waals surface area contributed by atoms with Crippen LogP contribution in [0, 0.1) is 20.2 Å². The lowest BCUT2D eigenvalue weighted by molar-refractivity contribution is -0.385. The van der Waals surface area contributed by atoms with Gasteiger partial charge in [0.25, 0.3) is 5.69 Å². The summed E-state index contributed by atoms with van der Waals surface area (Å²) in [5.74, 6) is -1.47. The number of benzene rings is 2. The third-order valence-electron chi connectivity index (χ3n) is 3.33. The Bertz CT molecular complexity index is 948. The Kier molecular flexibility index (Phi) is 5.67. The molecule has 2 rings (SSSR count). The van der Waals surface area contributed by atoms with Gasteiger partial charge in [0.1, 0.15) is 11.4 Å². The third-order valence-corrected chi connectivity index (χ3v) is 3.33. The summed E-state index contributed by atoms with van der Waals surface area (Å²) < 4.78 is 43.5. The number of carbonyl (C=O) groups excluding carboxylic acids is 1. The molecule has 1 amide bonds. The predicted molar refractivity (Wildman–Crippen MR) is 89.0 cm³/mol. The molecule has 0 atom stereocenters. The molecule has 0 heterocycles. The highest BCUT2D eigenvalue weighted by molar-refractivity contribution is 5.80. The van der Waals surface area contributed by atoms with Crippen molar-refractivity contribution in [2.75, 3.05) is 11.9 Å². The number of anilines is 1. The second-order valence-electron chi connectivity index (χ2n) is 5.30. The van der Waals surface area contributed by atoms with Gasteiger partial charge in [-0.15, -0.1) is 0 Å². The van der Waals surface area contributed by atoms with E-state index in [0.29, 0.717) is 12.1 Å². The molecule has 0 spiro atoms. The van der Waals surface area contributed by atoms with Crippen LogP contribution < -0.4 is 15.8 Å². The number of rotatable bonds is 7. The van der Waals surface area contributed by atoms with Crippen LogP contribution in [0.25, 0.3) is 0 Å². The Balaban J connectivity index is 2.42. The Morgan fingerprint density at radius 1 is 1.07 bits per heavy atom. The number of primary amides is 1. The normalized spacial score (nSPS) is 11.0. The number of nitrogens with one attached hydrogen (secondary N) is 1. The zero-order valence-electron chi connectivity index (χ0n) is 13.7. The predicted octanol–water partition coefficient (Wildman–Crippen LogP) is 3.21. The van der Waals surface area contributed by atoms with Gasteiger partial charge in [-0.25, -0.2) is 0 Å². The molecule has 0 bridgehead atoms. The minimum absolute atomic E-state index is 0.152. The number of hydrogen-bond donors (Lipinski definition) is 2. The fourth-order valence-corrected chi connectivity index (χ4v) is 2.11. The van der Waals surface area contributed by atoms with E-state index in [9.17, 15) is 38.2 Å². The van der Waals surface area contributed by atoms with Crippen molar-refractivity contribution in [1.82, 2.24) is 0 Å². The van der Waals surface area contributed by atoms with Crippen molar-refractivity contribution in [3.8, 4) is 11.5 Å². The summed E-state index contributed by atoms with van der Waals surface area (Å²) in [6.45, 7) is -0.440. The van der Waals surface area contributed by atoms with Crippen molar-refractivity contribution in [2.45, 2.75) is 6.18 Å². The van der Waals surface area contributed by atoms with Crippen LogP contribution in [0.3, 0.4) is 0 Å². The van der Waals surface area contributed by atoms with E-state index in [2.05, 4.69) is 5.32 Å². The summed E-state index contributed by atoms with van der Waals surface area (Å²) in [5.41, 5.74) is 2.17. The lowest BCUT2D eigenvalue weighted by Crippen LogP contribution is -2.22. The topological polar surface area (TPSA) is 151 Å². The van der Waals surface area contributed by atoms with Crippen LogP contribution in [0.15, 0.2) is 36.4 Å². The molecule has 0 fully saturated rings. The third kappa shape index (κ3) is 4.84. The number of alkyl halides is 3. The molecule has 0 unspecified atom stereocenters. The molecule has 0 radical (unpaired) electrons. The van der Waals surface area contributed by atoms with E-state index >= 15 is 0 Å². The van der Waals surface area contributed by atoms with Gasteiger partial charge in [0.05, 0.1) is 22.0 Å². The number of carbonyl (C=O) groups is 1. The van der Waals surface area contributed by atoms with Crippen LogP contribution in [0.2, 0.25) is 0 Å². The van der Waals surface area contributed by atoms with Gasteiger partial charge in [-0.05, 0) is 18.2 Å². The van der Waals surface area contributed by atoms with E-state index in [4.69, 9.17) is 10.5 Å². The maximum atomic E-state index is 12.7. The lowest BCUT2D eigenvalue weighted by atomic mass is 10.2. The Labute approximate surface area is 154 Å². The highest BCUT2D eigenvalue weighted by Crippen LogP contribution is 2.39. The minimum Gasteiger partial charge on any atom is -0.450 e. The van der Waals surface area contributed by atoms with Crippen molar-refractivity contribution in [1.29, 1.82) is 0 Å². The Morgan fingerprint density at radius 2 is 1.71 bits per heavy atom. The molecule has 10 nitrogen and oxygen atoms in total. The first-order chi connectivity index (χ1) is 13.0. The van der Waals surface area contributed by atoms with E-state index < -0.39 is 51.2 Å². The minimum atomic E-state index is -4.79. The molecule has 0 aliphatic carbocycles. The second kappa shape index (κ2) is 7.77. The zero-order chi connectivity index (χ0) is 21.1. The molecule has 0 aliphatic rings. The number of nitrogens with zero attached hydrogens (tertiary/aromatic N) is 2. The molecule has 0 saturated carbocycles. The molecular formula is C15H11F3N4O6. The number of halogens is 3. The van der Waals surface area contributed by atoms with Crippen molar-refractivity contribution in [3.63, 3.8) is 0 Å². The van der Waals surface area contributed by atoms with E-state index in [1.807, 2.05) is 0 Å². The average Bonchev–Trinajstić information content (AvgIpc) is 2.59. The number of hydrogen-bond acceptors (Lipinski definition) is 7. The first-order valence-corrected chi connectivity index (χ1v) is 7.33. The van der Waals surface area contributed by atoms with Crippen LogP contribution >= 0.6 is 0 Å². The van der Waals surface area contributed by atoms with Crippen LogP contribution in [-0.4, -0.2) is 22.3 Å². The maximum absolute atomic E-state index is 12.7. The molecule has 0 aliphatic heterocycles. The van der Waals surface area contributed by atoms with E-state index in [1.54, 1.807) is 0 Å². The van der Waals surface area contributed by atoms with Crippen LogP contribution in [0.5, 0.6) is 11.5 Å². The largest absolute Gasteiger partial charge is 0.450 e. The smallest absolute Gasteiger partial charge is 0.416 e. The van der Waals surface area contributed by atoms with Gasteiger partial charge < -0.3 is 15.8 Å². The number of ether oxygens (including phenoxy) is 1. The lowest BCUT2D eigenvalue weighted by Gasteiger charge is -2.11. The summed E-state index contributed by atoms with van der Waals surface area (Å²) in [6, 6.07) is 4.82. The molecule has 2 aromatic rings. The number of nitrogens with two attached hydrogens (primary N) is 1. The summed E-state index contributed by atoms with van der Waals surface area (Å²) >= 11 is 0. The van der Waals surface area contributed by atoms with Gasteiger partial charge in [0.15, 0.2) is 0 Å². The molecular weight excluding hydrogens is 389 g/mol. The standard InChI is InChI=1S/C15H11F3N4O6/c16-15(17,18)8-1-4-13(12(5-8)22(26)27)28-9-2-3-11(21(24)25)10(6-9)20-7-14(19)23/h1-6,20H,7H2,(H2,19,23). The van der Waals surface area contributed by atoms with E-state index in [-0.39, 0.29) is 11.4 Å². The maximum Gasteiger partial charge on any atom is 0.416 e. The van der Waals surface area contributed by atoms with Gasteiger partial charge in [0, 0.05) is 18.2 Å². The molecule has 2 aromatic carbocycles. The monoisotopic (exact) mass is 400 g/mol. The van der Waals surface area contributed by atoms with Gasteiger partial charge in [-0.2, -0.15) is 13.2 Å². The highest BCUT2D eigenvalue weighted by atomic mass is 19.4. The first-order valence-electron chi connectivity index (χ1n) is 7.33. The number of nitro groups is 2. The van der Waals surface area contributed by atoms with Gasteiger partial charge in [-0.1, -0.05) is 0 Å². The molecule has 0 saturated heterocycles. The number of nitro benzene ring substituents is 2. The van der Waals surface area contributed by atoms with E-state index in [0.717, 1.165) is 24.3 Å². The van der Waals surface area contributed by atoms with Gasteiger partial charge in [-0.3, -0.25) is 25.0 Å². The van der Waals surface area contributed by atoms with Crippen molar-refractivity contribution >= 4 is 23.0 Å². The first kappa shape index (κ1) is 20.4. The molecule has 148 valence electrons. The summed E-state index contributed by atoms with van der Waals surface area (Å²) in [7, 11) is 0. The highest BCUT2D eigenvalue weighted by Gasteiger charge is 2.33. The van der Waals surface area contributed by atoms with Crippen LogP contribution in [-0.2, 0) is 11.0 Å². The molecule has 13 heteroatoms. The van der Waals surface area contributed by atoms with Gasteiger partial charge >= 0.3 is 11.9 Å². The average molecular weight is 400 g/mol. The van der Waals surface area contributed by atoms with Crippen LogP contribution in [0.1, 0.15) is 5.56 Å². The van der Waals surface area contributed by atoms with Crippen molar-refractivity contribution in [2.24, 2.45) is 5.73 Å². The molecule has 3 N–H and O–H groups in total. The SMILES string of the molecule is NC(=O)CNc1cc(Oc2ccc(C(F)(F)F)cc2[N+](=O)[O-])ccc1[N+](=O)[O-]. The number of amides is 1. The Hall–Kier alpha value is -3.90. The summed E-state index contributed by atoms with van der Waals surface area (Å²) in [6.07, 6.45) is -4.79. The summed E-state index contributed by atoms with van der Waals surface area (Å²) in [4.78, 5) is 31.2. The zero-order valence-corrected chi connectivity index (χ0v) is 13.7. The van der Waals surface area contributed by atoms with Crippen LogP contribution in [0.4, 0.5) is 30.2 Å².